The van der Waals surface area contributed by atoms with Gasteiger partial charge in [-0.3, -0.25) is 0 Å². The summed E-state index contributed by atoms with van der Waals surface area (Å²) in [5, 5.41) is 0. The zero-order valence-corrected chi connectivity index (χ0v) is 14.6. The Bertz CT molecular complexity index is 395. The molecule has 0 aliphatic heterocycles. The Morgan fingerprint density at radius 3 is 2.19 bits per heavy atom. The molecule has 118 valence electrons. The van der Waals surface area contributed by atoms with Crippen LogP contribution in [0.2, 0.25) is 0 Å². The van der Waals surface area contributed by atoms with Crippen molar-refractivity contribution in [3.63, 3.8) is 0 Å². The van der Waals surface area contributed by atoms with Crippen LogP contribution in [0.5, 0.6) is 0 Å². The first-order chi connectivity index (χ1) is 10.1. The summed E-state index contributed by atoms with van der Waals surface area (Å²) in [4.78, 5) is 0. The molecule has 0 heterocycles. The largest absolute Gasteiger partial charge is 0.0651 e. The Balaban J connectivity index is 1.83. The molecule has 1 aromatic rings. The average molecular weight is 287 g/mol. The van der Waals surface area contributed by atoms with Crippen molar-refractivity contribution in [1.29, 1.82) is 0 Å². The van der Waals surface area contributed by atoms with Crippen molar-refractivity contribution in [3.8, 4) is 0 Å². The number of rotatable bonds is 6. The summed E-state index contributed by atoms with van der Waals surface area (Å²) in [6.07, 6.45) is 10.1. The molecule has 0 spiro atoms. The Morgan fingerprint density at radius 2 is 1.62 bits per heavy atom. The van der Waals surface area contributed by atoms with E-state index in [4.69, 9.17) is 0 Å². The van der Waals surface area contributed by atoms with Crippen LogP contribution < -0.4 is 0 Å². The van der Waals surface area contributed by atoms with Gasteiger partial charge in [0.25, 0.3) is 0 Å². The monoisotopic (exact) mass is 286 g/mol. The van der Waals surface area contributed by atoms with Gasteiger partial charge in [-0.2, -0.15) is 0 Å². The molecule has 21 heavy (non-hydrogen) atoms. The van der Waals surface area contributed by atoms with E-state index < -0.39 is 0 Å². The highest BCUT2D eigenvalue weighted by molar-refractivity contribution is 5.23. The maximum absolute atomic E-state index is 2.43. The molecule has 1 aliphatic carbocycles. The SMILES string of the molecule is CCC(CCC(C)c1ccc(C)cc1)C1CCC(C)CC1. The van der Waals surface area contributed by atoms with Crippen LogP contribution in [-0.2, 0) is 0 Å². The molecule has 0 aromatic heterocycles. The molecule has 0 nitrogen and oxygen atoms in total. The van der Waals surface area contributed by atoms with Gasteiger partial charge in [0.15, 0.2) is 0 Å². The number of hydrogen-bond donors (Lipinski definition) is 0. The van der Waals surface area contributed by atoms with E-state index in [9.17, 15) is 0 Å². The van der Waals surface area contributed by atoms with Crippen LogP contribution in [-0.4, -0.2) is 0 Å². The van der Waals surface area contributed by atoms with E-state index in [1.54, 1.807) is 0 Å². The van der Waals surface area contributed by atoms with Crippen LogP contribution in [0.15, 0.2) is 24.3 Å². The molecule has 1 saturated carbocycles. The summed E-state index contributed by atoms with van der Waals surface area (Å²) < 4.78 is 0. The highest BCUT2D eigenvalue weighted by atomic mass is 14.3. The average Bonchev–Trinajstić information content (AvgIpc) is 2.50. The molecule has 0 bridgehead atoms. The fraction of sp³-hybridized carbons (Fsp3) is 0.714. The van der Waals surface area contributed by atoms with Crippen LogP contribution in [0.3, 0.4) is 0 Å². The molecule has 2 rings (SSSR count). The summed E-state index contributed by atoms with van der Waals surface area (Å²) in [7, 11) is 0. The first-order valence-corrected chi connectivity index (χ1v) is 9.16. The molecule has 1 aliphatic rings. The van der Waals surface area contributed by atoms with Crippen molar-refractivity contribution < 1.29 is 0 Å². The molecule has 2 atom stereocenters. The molecule has 0 N–H and O–H groups in total. The second-order valence-electron chi connectivity index (χ2n) is 7.58. The smallest absolute Gasteiger partial charge is 0.0190 e. The van der Waals surface area contributed by atoms with Gasteiger partial charge in [-0.05, 0) is 61.8 Å². The fourth-order valence-electron chi connectivity index (χ4n) is 4.06. The van der Waals surface area contributed by atoms with E-state index in [1.165, 1.54) is 56.1 Å². The lowest BCUT2D eigenvalue weighted by Crippen LogP contribution is -2.21. The van der Waals surface area contributed by atoms with E-state index >= 15 is 0 Å². The first-order valence-electron chi connectivity index (χ1n) is 9.16. The number of benzene rings is 1. The molecule has 0 amide bonds. The van der Waals surface area contributed by atoms with Crippen molar-refractivity contribution in [2.75, 3.05) is 0 Å². The minimum absolute atomic E-state index is 0.710. The van der Waals surface area contributed by atoms with Crippen LogP contribution in [0, 0.1) is 24.7 Å². The van der Waals surface area contributed by atoms with Crippen LogP contribution >= 0.6 is 0 Å². The van der Waals surface area contributed by atoms with E-state index in [-0.39, 0.29) is 0 Å². The predicted octanol–water partition coefficient (Wildman–Crippen LogP) is 6.73. The second-order valence-corrected chi connectivity index (χ2v) is 7.58. The third kappa shape index (κ3) is 4.87. The van der Waals surface area contributed by atoms with Crippen LogP contribution in [0.4, 0.5) is 0 Å². The van der Waals surface area contributed by atoms with Crippen molar-refractivity contribution in [1.82, 2.24) is 0 Å². The van der Waals surface area contributed by atoms with Crippen molar-refractivity contribution in [3.05, 3.63) is 35.4 Å². The quantitative estimate of drug-likeness (QED) is 0.543. The molecule has 1 fully saturated rings. The highest BCUT2D eigenvalue weighted by Gasteiger charge is 2.25. The Hall–Kier alpha value is -0.780. The normalized spacial score (nSPS) is 25.5. The number of hydrogen-bond acceptors (Lipinski definition) is 0. The van der Waals surface area contributed by atoms with E-state index in [0.717, 1.165) is 17.8 Å². The van der Waals surface area contributed by atoms with Gasteiger partial charge in [0, 0.05) is 0 Å². The van der Waals surface area contributed by atoms with Crippen LogP contribution in [0.1, 0.15) is 82.8 Å². The third-order valence-corrected chi connectivity index (χ3v) is 5.87. The summed E-state index contributed by atoms with van der Waals surface area (Å²) >= 11 is 0. The molecular formula is C21H34. The third-order valence-electron chi connectivity index (χ3n) is 5.87. The number of aryl methyl sites for hydroxylation is 1. The van der Waals surface area contributed by atoms with E-state index in [2.05, 4.69) is 52.0 Å². The van der Waals surface area contributed by atoms with Gasteiger partial charge in [0.2, 0.25) is 0 Å². The molecule has 2 unspecified atom stereocenters. The Kier molecular flexibility index (Phi) is 6.33. The lowest BCUT2D eigenvalue weighted by molar-refractivity contribution is 0.194. The molecule has 0 saturated heterocycles. The van der Waals surface area contributed by atoms with Gasteiger partial charge in [-0.25, -0.2) is 0 Å². The van der Waals surface area contributed by atoms with E-state index in [0.29, 0.717) is 5.92 Å². The van der Waals surface area contributed by atoms with Crippen molar-refractivity contribution in [2.24, 2.45) is 17.8 Å². The van der Waals surface area contributed by atoms with E-state index in [1.807, 2.05) is 0 Å². The Labute approximate surface area is 132 Å². The van der Waals surface area contributed by atoms with Crippen molar-refractivity contribution in [2.45, 2.75) is 78.6 Å². The van der Waals surface area contributed by atoms with Crippen LogP contribution in [0.25, 0.3) is 0 Å². The summed E-state index contributed by atoms with van der Waals surface area (Å²) in [6.45, 7) is 9.40. The van der Waals surface area contributed by atoms with Crippen molar-refractivity contribution >= 4 is 0 Å². The van der Waals surface area contributed by atoms with Gasteiger partial charge in [0.05, 0.1) is 0 Å². The maximum atomic E-state index is 2.43. The minimum atomic E-state index is 0.710. The fourth-order valence-corrected chi connectivity index (χ4v) is 4.06. The summed E-state index contributed by atoms with van der Waals surface area (Å²) in [5.74, 6) is 3.66. The standard InChI is InChI=1S/C21H34/c1-5-19(21-13-8-17(3)9-14-21)15-10-18(4)20-11-6-16(2)7-12-20/h6-7,11-12,17-19,21H,5,8-10,13-15H2,1-4H3. The highest BCUT2D eigenvalue weighted by Crippen LogP contribution is 2.37. The lowest BCUT2D eigenvalue weighted by atomic mass is 9.73. The topological polar surface area (TPSA) is 0 Å². The molecule has 0 radical (unpaired) electrons. The van der Waals surface area contributed by atoms with Gasteiger partial charge in [-0.15, -0.1) is 0 Å². The minimum Gasteiger partial charge on any atom is -0.0651 e. The predicted molar refractivity (Wildman–Crippen MR) is 93.7 cm³/mol. The lowest BCUT2D eigenvalue weighted by Gasteiger charge is -2.33. The van der Waals surface area contributed by atoms with Gasteiger partial charge in [0.1, 0.15) is 0 Å². The summed E-state index contributed by atoms with van der Waals surface area (Å²) in [5.41, 5.74) is 2.89. The van der Waals surface area contributed by atoms with Gasteiger partial charge < -0.3 is 0 Å². The Morgan fingerprint density at radius 1 is 1.00 bits per heavy atom. The van der Waals surface area contributed by atoms with Gasteiger partial charge in [-0.1, -0.05) is 69.9 Å². The molecular weight excluding hydrogens is 252 g/mol. The zero-order valence-electron chi connectivity index (χ0n) is 14.6. The summed E-state index contributed by atoms with van der Waals surface area (Å²) in [6, 6.07) is 9.16. The first kappa shape index (κ1) is 16.6. The maximum Gasteiger partial charge on any atom is -0.0190 e. The van der Waals surface area contributed by atoms with Gasteiger partial charge >= 0.3 is 0 Å². The molecule has 0 heteroatoms. The zero-order chi connectivity index (χ0) is 15.2. The second kappa shape index (κ2) is 8.01. The molecule has 1 aromatic carbocycles.